The molecule has 1 aliphatic carbocycles. The van der Waals surface area contributed by atoms with Gasteiger partial charge >= 0.3 is 0 Å². The fraction of sp³-hybridized carbons (Fsp3) is 1.00. The van der Waals surface area contributed by atoms with Crippen LogP contribution in [0.4, 0.5) is 0 Å². The molecule has 0 spiro atoms. The minimum absolute atomic E-state index is 0.945. The standard InChI is InChI=1S/C14H28/c1-4-12(2)10-11-13(3)14-8-6-5-7-9-14/h12-14H,4-11H2,1-3H3. The fourth-order valence-electron chi connectivity index (χ4n) is 2.69. The van der Waals surface area contributed by atoms with Crippen LogP contribution in [0.1, 0.15) is 72.1 Å². The molecule has 1 saturated carbocycles. The molecular weight excluding hydrogens is 168 g/mol. The van der Waals surface area contributed by atoms with Crippen molar-refractivity contribution in [1.82, 2.24) is 0 Å². The lowest BCUT2D eigenvalue weighted by atomic mass is 9.78. The molecule has 0 N–H and O–H groups in total. The molecule has 0 aliphatic heterocycles. The molecule has 0 saturated heterocycles. The molecule has 0 heterocycles. The van der Waals surface area contributed by atoms with Crippen LogP contribution in [-0.4, -0.2) is 0 Å². The largest absolute Gasteiger partial charge is 0.0651 e. The topological polar surface area (TPSA) is 0 Å². The lowest BCUT2D eigenvalue weighted by Gasteiger charge is -2.28. The van der Waals surface area contributed by atoms with Gasteiger partial charge in [0.15, 0.2) is 0 Å². The smallest absolute Gasteiger partial charge is 0.0388 e. The summed E-state index contributed by atoms with van der Waals surface area (Å²) in [5.74, 6) is 3.00. The minimum atomic E-state index is 0.945. The first kappa shape index (κ1) is 12.1. The van der Waals surface area contributed by atoms with E-state index in [4.69, 9.17) is 0 Å². The van der Waals surface area contributed by atoms with Crippen molar-refractivity contribution in [2.24, 2.45) is 17.8 Å². The summed E-state index contributed by atoms with van der Waals surface area (Å²) < 4.78 is 0. The predicted octanol–water partition coefficient (Wildman–Crippen LogP) is 5.03. The van der Waals surface area contributed by atoms with E-state index in [2.05, 4.69) is 20.8 Å². The van der Waals surface area contributed by atoms with E-state index in [0.717, 1.165) is 17.8 Å². The average molecular weight is 196 g/mol. The molecular formula is C14H28. The summed E-state index contributed by atoms with van der Waals surface area (Å²) in [5.41, 5.74) is 0. The third-order valence-corrected chi connectivity index (χ3v) is 4.27. The Morgan fingerprint density at radius 3 is 2.21 bits per heavy atom. The molecule has 2 atom stereocenters. The molecule has 84 valence electrons. The van der Waals surface area contributed by atoms with Crippen LogP contribution in [0.2, 0.25) is 0 Å². The van der Waals surface area contributed by atoms with Gasteiger partial charge in [-0.1, -0.05) is 72.1 Å². The lowest BCUT2D eigenvalue weighted by molar-refractivity contribution is 0.240. The molecule has 14 heavy (non-hydrogen) atoms. The van der Waals surface area contributed by atoms with Crippen molar-refractivity contribution in [1.29, 1.82) is 0 Å². The van der Waals surface area contributed by atoms with Crippen molar-refractivity contribution >= 4 is 0 Å². The second-order valence-corrected chi connectivity index (χ2v) is 5.47. The van der Waals surface area contributed by atoms with Gasteiger partial charge < -0.3 is 0 Å². The van der Waals surface area contributed by atoms with Gasteiger partial charge in [-0.05, 0) is 17.8 Å². The van der Waals surface area contributed by atoms with E-state index in [9.17, 15) is 0 Å². The first-order chi connectivity index (χ1) is 6.74. The Hall–Kier alpha value is 0. The summed E-state index contributed by atoms with van der Waals surface area (Å²) in [6, 6.07) is 0. The Morgan fingerprint density at radius 2 is 1.64 bits per heavy atom. The second kappa shape index (κ2) is 6.48. The van der Waals surface area contributed by atoms with Gasteiger partial charge in [0.05, 0.1) is 0 Å². The Morgan fingerprint density at radius 1 is 1.00 bits per heavy atom. The maximum absolute atomic E-state index is 2.48. The molecule has 0 heteroatoms. The predicted molar refractivity (Wildman–Crippen MR) is 64.4 cm³/mol. The Balaban J connectivity index is 2.16. The first-order valence-electron chi connectivity index (χ1n) is 6.74. The van der Waals surface area contributed by atoms with E-state index in [1.807, 2.05) is 0 Å². The normalized spacial score (nSPS) is 23.4. The van der Waals surface area contributed by atoms with Crippen molar-refractivity contribution < 1.29 is 0 Å². The lowest BCUT2D eigenvalue weighted by Crippen LogP contribution is -2.16. The molecule has 0 bridgehead atoms. The van der Waals surface area contributed by atoms with Gasteiger partial charge in [-0.3, -0.25) is 0 Å². The quantitative estimate of drug-likeness (QED) is 0.578. The average Bonchev–Trinajstić information content (AvgIpc) is 2.26. The van der Waals surface area contributed by atoms with E-state index in [-0.39, 0.29) is 0 Å². The maximum atomic E-state index is 2.48. The molecule has 0 nitrogen and oxygen atoms in total. The van der Waals surface area contributed by atoms with Crippen LogP contribution in [0.15, 0.2) is 0 Å². The second-order valence-electron chi connectivity index (χ2n) is 5.47. The van der Waals surface area contributed by atoms with E-state index in [0.29, 0.717) is 0 Å². The van der Waals surface area contributed by atoms with Gasteiger partial charge in [-0.2, -0.15) is 0 Å². The molecule has 0 aromatic heterocycles. The van der Waals surface area contributed by atoms with E-state index in [1.54, 1.807) is 0 Å². The van der Waals surface area contributed by atoms with Crippen LogP contribution in [0.3, 0.4) is 0 Å². The highest BCUT2D eigenvalue weighted by Gasteiger charge is 2.19. The van der Waals surface area contributed by atoms with Crippen molar-refractivity contribution in [2.75, 3.05) is 0 Å². The molecule has 1 aliphatic rings. The van der Waals surface area contributed by atoms with Crippen LogP contribution in [-0.2, 0) is 0 Å². The van der Waals surface area contributed by atoms with E-state index in [1.165, 1.54) is 51.4 Å². The summed E-state index contributed by atoms with van der Waals surface area (Å²) in [6.45, 7) is 7.20. The molecule has 0 aromatic carbocycles. The molecule has 0 radical (unpaired) electrons. The minimum Gasteiger partial charge on any atom is -0.0651 e. The Labute approximate surface area is 90.5 Å². The molecule has 1 fully saturated rings. The van der Waals surface area contributed by atoms with Gasteiger partial charge in [-0.15, -0.1) is 0 Å². The highest BCUT2D eigenvalue weighted by molar-refractivity contribution is 4.71. The molecule has 0 amide bonds. The van der Waals surface area contributed by atoms with Crippen LogP contribution < -0.4 is 0 Å². The van der Waals surface area contributed by atoms with Gasteiger partial charge in [0.1, 0.15) is 0 Å². The van der Waals surface area contributed by atoms with Crippen molar-refractivity contribution in [2.45, 2.75) is 72.1 Å². The van der Waals surface area contributed by atoms with Gasteiger partial charge in [-0.25, -0.2) is 0 Å². The molecule has 0 aromatic rings. The third kappa shape index (κ3) is 4.02. The van der Waals surface area contributed by atoms with Crippen molar-refractivity contribution in [3.05, 3.63) is 0 Å². The molecule has 1 rings (SSSR count). The van der Waals surface area contributed by atoms with Crippen LogP contribution >= 0.6 is 0 Å². The SMILES string of the molecule is CCC(C)CCC(C)C1CCCCC1. The van der Waals surface area contributed by atoms with Crippen LogP contribution in [0.25, 0.3) is 0 Å². The van der Waals surface area contributed by atoms with Crippen LogP contribution in [0.5, 0.6) is 0 Å². The first-order valence-corrected chi connectivity index (χ1v) is 6.74. The highest BCUT2D eigenvalue weighted by Crippen LogP contribution is 2.32. The summed E-state index contributed by atoms with van der Waals surface area (Å²) in [6.07, 6.45) is 11.8. The number of hydrogen-bond acceptors (Lipinski definition) is 0. The van der Waals surface area contributed by atoms with Crippen molar-refractivity contribution in [3.8, 4) is 0 Å². The zero-order valence-electron chi connectivity index (χ0n) is 10.4. The van der Waals surface area contributed by atoms with E-state index >= 15 is 0 Å². The summed E-state index contributed by atoms with van der Waals surface area (Å²) in [4.78, 5) is 0. The number of rotatable bonds is 5. The van der Waals surface area contributed by atoms with Gasteiger partial charge in [0, 0.05) is 0 Å². The molecule has 2 unspecified atom stereocenters. The third-order valence-electron chi connectivity index (χ3n) is 4.27. The summed E-state index contributed by atoms with van der Waals surface area (Å²) >= 11 is 0. The maximum Gasteiger partial charge on any atom is -0.0388 e. The Bertz CT molecular complexity index is 133. The zero-order valence-corrected chi connectivity index (χ0v) is 10.4. The monoisotopic (exact) mass is 196 g/mol. The van der Waals surface area contributed by atoms with Crippen LogP contribution in [0, 0.1) is 17.8 Å². The van der Waals surface area contributed by atoms with Gasteiger partial charge in [0.25, 0.3) is 0 Å². The summed E-state index contributed by atoms with van der Waals surface area (Å²) in [5, 5.41) is 0. The van der Waals surface area contributed by atoms with Crippen molar-refractivity contribution in [3.63, 3.8) is 0 Å². The summed E-state index contributed by atoms with van der Waals surface area (Å²) in [7, 11) is 0. The Kier molecular flexibility index (Phi) is 5.59. The zero-order chi connectivity index (χ0) is 10.4. The van der Waals surface area contributed by atoms with E-state index < -0.39 is 0 Å². The fourth-order valence-corrected chi connectivity index (χ4v) is 2.69. The highest BCUT2D eigenvalue weighted by atomic mass is 14.3. The number of hydrogen-bond donors (Lipinski definition) is 0. The van der Waals surface area contributed by atoms with Gasteiger partial charge in [0.2, 0.25) is 0 Å².